The third-order valence-electron chi connectivity index (χ3n) is 2.72. The van der Waals surface area contributed by atoms with E-state index in [1.807, 2.05) is 23.8 Å². The molecular weight excluding hydrogens is 263 g/mol. The highest BCUT2D eigenvalue weighted by Gasteiger charge is 2.08. The first-order valence-electron chi connectivity index (χ1n) is 5.96. The van der Waals surface area contributed by atoms with E-state index in [0.29, 0.717) is 5.69 Å². The van der Waals surface area contributed by atoms with E-state index in [2.05, 4.69) is 10.6 Å². The second-order valence-electron chi connectivity index (χ2n) is 4.22. The molecule has 0 aliphatic rings. The van der Waals surface area contributed by atoms with Gasteiger partial charge in [0.2, 0.25) is 5.91 Å². The van der Waals surface area contributed by atoms with E-state index in [1.54, 1.807) is 23.5 Å². The Hall–Kier alpha value is -1.72. The standard InChI is InChI=1S/C14H15FN2OS/c1-10(11-5-6-19-9-11)16-8-14(18)17-13-4-2-3-12(15)7-13/h2-7,9-10,16H,8H2,1H3,(H,17,18). The Morgan fingerprint density at radius 2 is 2.26 bits per heavy atom. The Balaban J connectivity index is 1.82. The molecule has 1 unspecified atom stereocenters. The predicted octanol–water partition coefficient (Wildman–Crippen LogP) is 3.18. The third kappa shape index (κ3) is 4.15. The number of carbonyl (C=O) groups excluding carboxylic acids is 1. The van der Waals surface area contributed by atoms with Crippen LogP contribution in [0.15, 0.2) is 41.1 Å². The van der Waals surface area contributed by atoms with Crippen molar-refractivity contribution in [1.82, 2.24) is 5.32 Å². The molecule has 0 spiro atoms. The van der Waals surface area contributed by atoms with E-state index in [1.165, 1.54) is 12.1 Å². The van der Waals surface area contributed by atoms with Gasteiger partial charge in [-0.3, -0.25) is 4.79 Å². The number of carbonyl (C=O) groups is 1. The Kier molecular flexibility index (Phi) is 4.65. The van der Waals surface area contributed by atoms with Crippen molar-refractivity contribution in [3.63, 3.8) is 0 Å². The van der Waals surface area contributed by atoms with Crippen molar-refractivity contribution in [2.24, 2.45) is 0 Å². The van der Waals surface area contributed by atoms with Crippen LogP contribution in [0.3, 0.4) is 0 Å². The highest BCUT2D eigenvalue weighted by molar-refractivity contribution is 7.07. The Morgan fingerprint density at radius 1 is 1.42 bits per heavy atom. The number of amides is 1. The topological polar surface area (TPSA) is 41.1 Å². The van der Waals surface area contributed by atoms with Crippen molar-refractivity contribution in [3.05, 3.63) is 52.5 Å². The molecule has 19 heavy (non-hydrogen) atoms. The fourth-order valence-corrected chi connectivity index (χ4v) is 2.41. The number of thiophene rings is 1. The molecule has 3 nitrogen and oxygen atoms in total. The van der Waals surface area contributed by atoms with Crippen molar-refractivity contribution in [2.75, 3.05) is 11.9 Å². The van der Waals surface area contributed by atoms with E-state index in [9.17, 15) is 9.18 Å². The van der Waals surface area contributed by atoms with Crippen LogP contribution in [0.4, 0.5) is 10.1 Å². The van der Waals surface area contributed by atoms with Gasteiger partial charge in [0.25, 0.3) is 0 Å². The maximum absolute atomic E-state index is 13.0. The minimum atomic E-state index is -0.364. The van der Waals surface area contributed by atoms with Crippen LogP contribution in [0.5, 0.6) is 0 Å². The van der Waals surface area contributed by atoms with Gasteiger partial charge in [0.1, 0.15) is 5.82 Å². The van der Waals surface area contributed by atoms with Gasteiger partial charge in [0.05, 0.1) is 6.54 Å². The molecule has 2 rings (SSSR count). The fourth-order valence-electron chi connectivity index (χ4n) is 1.66. The lowest BCUT2D eigenvalue weighted by atomic mass is 10.2. The number of benzene rings is 1. The van der Waals surface area contributed by atoms with Crippen LogP contribution in [-0.4, -0.2) is 12.5 Å². The summed E-state index contributed by atoms with van der Waals surface area (Å²) in [5, 5.41) is 9.81. The molecule has 100 valence electrons. The minimum absolute atomic E-state index is 0.115. The first-order valence-corrected chi connectivity index (χ1v) is 6.90. The van der Waals surface area contributed by atoms with Crippen LogP contribution in [0.2, 0.25) is 0 Å². The first kappa shape index (κ1) is 13.7. The number of anilines is 1. The summed E-state index contributed by atoms with van der Waals surface area (Å²) in [7, 11) is 0. The molecule has 1 atom stereocenters. The number of rotatable bonds is 5. The molecule has 0 aliphatic carbocycles. The highest BCUT2D eigenvalue weighted by atomic mass is 32.1. The van der Waals surface area contributed by atoms with Gasteiger partial charge in [-0.2, -0.15) is 11.3 Å². The zero-order valence-corrected chi connectivity index (χ0v) is 11.3. The molecule has 0 radical (unpaired) electrons. The van der Waals surface area contributed by atoms with Crippen LogP contribution in [0, 0.1) is 5.82 Å². The summed E-state index contributed by atoms with van der Waals surface area (Å²) in [6, 6.07) is 7.99. The van der Waals surface area contributed by atoms with Gasteiger partial charge in [0.15, 0.2) is 0 Å². The molecule has 1 amide bonds. The van der Waals surface area contributed by atoms with E-state index in [-0.39, 0.29) is 24.3 Å². The second kappa shape index (κ2) is 6.45. The van der Waals surface area contributed by atoms with Gasteiger partial charge in [-0.05, 0) is 47.5 Å². The maximum atomic E-state index is 13.0. The zero-order valence-electron chi connectivity index (χ0n) is 10.5. The van der Waals surface area contributed by atoms with Crippen LogP contribution in [-0.2, 0) is 4.79 Å². The average Bonchev–Trinajstić information content (AvgIpc) is 2.90. The van der Waals surface area contributed by atoms with Gasteiger partial charge in [-0.15, -0.1) is 0 Å². The molecule has 0 fully saturated rings. The van der Waals surface area contributed by atoms with E-state index >= 15 is 0 Å². The summed E-state index contributed by atoms with van der Waals surface area (Å²) < 4.78 is 13.0. The maximum Gasteiger partial charge on any atom is 0.238 e. The lowest BCUT2D eigenvalue weighted by Gasteiger charge is -2.12. The van der Waals surface area contributed by atoms with Crippen molar-refractivity contribution < 1.29 is 9.18 Å². The highest BCUT2D eigenvalue weighted by Crippen LogP contribution is 2.15. The third-order valence-corrected chi connectivity index (χ3v) is 3.42. The van der Waals surface area contributed by atoms with Crippen LogP contribution < -0.4 is 10.6 Å². The van der Waals surface area contributed by atoms with Crippen molar-refractivity contribution in [2.45, 2.75) is 13.0 Å². The van der Waals surface area contributed by atoms with E-state index in [0.717, 1.165) is 5.56 Å². The van der Waals surface area contributed by atoms with Gasteiger partial charge in [-0.25, -0.2) is 4.39 Å². The fraction of sp³-hybridized carbons (Fsp3) is 0.214. The average molecular weight is 278 g/mol. The van der Waals surface area contributed by atoms with Crippen LogP contribution in [0.25, 0.3) is 0 Å². The molecule has 1 aromatic carbocycles. The number of nitrogens with one attached hydrogen (secondary N) is 2. The van der Waals surface area contributed by atoms with Crippen LogP contribution in [0.1, 0.15) is 18.5 Å². The van der Waals surface area contributed by atoms with Crippen LogP contribution >= 0.6 is 11.3 Å². The molecule has 1 aromatic heterocycles. The Labute approximate surface area is 115 Å². The first-order chi connectivity index (χ1) is 9.15. The summed E-state index contributed by atoms with van der Waals surface area (Å²) in [5.41, 5.74) is 1.62. The molecule has 5 heteroatoms. The lowest BCUT2D eigenvalue weighted by Crippen LogP contribution is -2.29. The zero-order chi connectivity index (χ0) is 13.7. The summed E-state index contributed by atoms with van der Waals surface area (Å²) >= 11 is 1.62. The number of hydrogen-bond donors (Lipinski definition) is 2. The summed E-state index contributed by atoms with van der Waals surface area (Å²) in [6.07, 6.45) is 0. The summed E-state index contributed by atoms with van der Waals surface area (Å²) in [4.78, 5) is 11.7. The molecule has 0 saturated heterocycles. The van der Waals surface area contributed by atoms with Crippen molar-refractivity contribution in [1.29, 1.82) is 0 Å². The second-order valence-corrected chi connectivity index (χ2v) is 5.00. The summed E-state index contributed by atoms with van der Waals surface area (Å²) in [6.45, 7) is 2.19. The molecule has 0 aliphatic heterocycles. The molecule has 0 bridgehead atoms. The van der Waals surface area contributed by atoms with Gasteiger partial charge < -0.3 is 10.6 Å². The van der Waals surface area contributed by atoms with Gasteiger partial charge in [0, 0.05) is 11.7 Å². The largest absolute Gasteiger partial charge is 0.325 e. The summed E-state index contributed by atoms with van der Waals surface area (Å²) in [5.74, 6) is -0.551. The van der Waals surface area contributed by atoms with Crippen molar-refractivity contribution >= 4 is 22.9 Å². The normalized spacial score (nSPS) is 12.1. The minimum Gasteiger partial charge on any atom is -0.325 e. The predicted molar refractivity (Wildman–Crippen MR) is 75.8 cm³/mol. The molecule has 1 heterocycles. The molecule has 0 saturated carbocycles. The lowest BCUT2D eigenvalue weighted by molar-refractivity contribution is -0.115. The number of halogens is 1. The van der Waals surface area contributed by atoms with Gasteiger partial charge >= 0.3 is 0 Å². The number of hydrogen-bond acceptors (Lipinski definition) is 3. The molecule has 2 aromatic rings. The monoisotopic (exact) mass is 278 g/mol. The SMILES string of the molecule is CC(NCC(=O)Nc1cccc(F)c1)c1ccsc1. The smallest absolute Gasteiger partial charge is 0.238 e. The quantitative estimate of drug-likeness (QED) is 0.882. The van der Waals surface area contributed by atoms with E-state index < -0.39 is 0 Å². The Morgan fingerprint density at radius 3 is 2.95 bits per heavy atom. The molecule has 2 N–H and O–H groups in total. The molecular formula is C14H15FN2OS. The van der Waals surface area contributed by atoms with Crippen molar-refractivity contribution in [3.8, 4) is 0 Å². The Bertz CT molecular complexity index is 542. The van der Waals surface area contributed by atoms with E-state index in [4.69, 9.17) is 0 Å². The van der Waals surface area contributed by atoms with Gasteiger partial charge in [-0.1, -0.05) is 6.07 Å².